The minimum atomic E-state index is -0.436. The Labute approximate surface area is 153 Å². The molecule has 0 aliphatic carbocycles. The van der Waals surface area contributed by atoms with Crippen molar-refractivity contribution < 1.29 is 4.74 Å². The molecule has 0 aromatic carbocycles. The highest BCUT2D eigenvalue weighted by atomic mass is 35.5. The number of fused-ring (bicyclic) bond motifs is 1. The van der Waals surface area contributed by atoms with Gasteiger partial charge in [0.1, 0.15) is 10.8 Å². The minimum Gasteiger partial charge on any atom is -0.434 e. The fourth-order valence-electron chi connectivity index (χ4n) is 2.87. The van der Waals surface area contributed by atoms with Crippen LogP contribution in [0.5, 0.6) is 11.6 Å². The van der Waals surface area contributed by atoms with Crippen molar-refractivity contribution in [2.45, 2.75) is 25.3 Å². The summed E-state index contributed by atoms with van der Waals surface area (Å²) in [6, 6.07) is 1.55. The monoisotopic (exact) mass is 375 g/mol. The molecule has 0 atom stereocenters. The van der Waals surface area contributed by atoms with E-state index in [9.17, 15) is 4.79 Å². The number of nitrogens with zero attached hydrogens (tertiary/aromatic N) is 4. The van der Waals surface area contributed by atoms with Crippen LogP contribution >= 0.6 is 11.6 Å². The lowest BCUT2D eigenvalue weighted by Gasteiger charge is -2.37. The first-order valence-electron chi connectivity index (χ1n) is 8.23. The van der Waals surface area contributed by atoms with Gasteiger partial charge in [-0.05, 0) is 25.8 Å². The molecule has 0 spiro atoms. The summed E-state index contributed by atoms with van der Waals surface area (Å²) in [5, 5.41) is 6.85. The van der Waals surface area contributed by atoms with Crippen LogP contribution in [0.1, 0.15) is 19.8 Å². The maximum absolute atomic E-state index is 11.6. The summed E-state index contributed by atoms with van der Waals surface area (Å²) in [5.41, 5.74) is 6.58. The van der Waals surface area contributed by atoms with Gasteiger partial charge in [-0.15, -0.1) is 5.10 Å². The molecule has 9 nitrogen and oxygen atoms in total. The van der Waals surface area contributed by atoms with Crippen molar-refractivity contribution in [3.05, 3.63) is 33.8 Å². The van der Waals surface area contributed by atoms with Gasteiger partial charge in [-0.25, -0.2) is 9.97 Å². The van der Waals surface area contributed by atoms with Gasteiger partial charge in [-0.1, -0.05) is 11.6 Å². The van der Waals surface area contributed by atoms with Gasteiger partial charge in [-0.3, -0.25) is 9.89 Å². The highest BCUT2D eigenvalue weighted by Crippen LogP contribution is 2.30. The number of ether oxygens (including phenoxy) is 1. The maximum atomic E-state index is 11.6. The first-order valence-corrected chi connectivity index (χ1v) is 8.61. The number of nitrogens with two attached hydrogens (primary N) is 1. The second-order valence-corrected chi connectivity index (χ2v) is 7.06. The molecule has 0 bridgehead atoms. The van der Waals surface area contributed by atoms with Crippen LogP contribution in [-0.2, 0) is 0 Å². The van der Waals surface area contributed by atoms with Crippen molar-refractivity contribution in [3.8, 4) is 11.6 Å². The molecule has 1 aliphatic heterocycles. The lowest BCUT2D eigenvalue weighted by atomic mass is 9.91. The average Bonchev–Trinajstić information content (AvgIpc) is 3.01. The molecule has 1 aliphatic rings. The van der Waals surface area contributed by atoms with Crippen LogP contribution in [-0.4, -0.2) is 43.8 Å². The lowest BCUT2D eigenvalue weighted by molar-refractivity contribution is 0.363. The summed E-state index contributed by atoms with van der Waals surface area (Å²) in [4.78, 5) is 25.2. The van der Waals surface area contributed by atoms with Gasteiger partial charge in [0, 0.05) is 24.8 Å². The summed E-state index contributed by atoms with van der Waals surface area (Å²) >= 11 is 5.95. The lowest BCUT2D eigenvalue weighted by Crippen LogP contribution is -2.48. The van der Waals surface area contributed by atoms with Crippen LogP contribution in [0.2, 0.25) is 5.02 Å². The predicted molar refractivity (Wildman–Crippen MR) is 97.9 cm³/mol. The highest BCUT2D eigenvalue weighted by molar-refractivity contribution is 6.31. The molecule has 1 fully saturated rings. The van der Waals surface area contributed by atoms with Crippen molar-refractivity contribution in [1.82, 2.24) is 25.1 Å². The number of halogens is 1. The molecule has 3 aromatic rings. The Morgan fingerprint density at radius 3 is 2.92 bits per heavy atom. The molecular formula is C16H18ClN7O2. The van der Waals surface area contributed by atoms with Crippen LogP contribution < -0.4 is 20.9 Å². The van der Waals surface area contributed by atoms with Gasteiger partial charge in [0.2, 0.25) is 0 Å². The highest BCUT2D eigenvalue weighted by Gasteiger charge is 2.27. The van der Waals surface area contributed by atoms with Gasteiger partial charge in [0.25, 0.3) is 11.4 Å². The van der Waals surface area contributed by atoms with E-state index in [1.807, 2.05) is 0 Å². The number of hydrogen-bond acceptors (Lipinski definition) is 7. The van der Waals surface area contributed by atoms with Gasteiger partial charge >= 0.3 is 0 Å². The molecule has 10 heteroatoms. The zero-order valence-corrected chi connectivity index (χ0v) is 14.9. The fraction of sp³-hybridized carbons (Fsp3) is 0.375. The van der Waals surface area contributed by atoms with Crippen molar-refractivity contribution >= 4 is 28.6 Å². The van der Waals surface area contributed by atoms with E-state index in [-0.39, 0.29) is 22.2 Å². The number of pyridine rings is 1. The van der Waals surface area contributed by atoms with Crippen molar-refractivity contribution in [2.24, 2.45) is 5.73 Å². The van der Waals surface area contributed by atoms with Crippen LogP contribution in [0.3, 0.4) is 0 Å². The van der Waals surface area contributed by atoms with Crippen LogP contribution in [0.4, 0.5) is 5.82 Å². The van der Waals surface area contributed by atoms with Crippen molar-refractivity contribution in [2.75, 3.05) is 18.0 Å². The summed E-state index contributed by atoms with van der Waals surface area (Å²) in [5.74, 6) is 1.17. The fourth-order valence-corrected chi connectivity index (χ4v) is 3.02. The first kappa shape index (κ1) is 16.8. The third kappa shape index (κ3) is 3.11. The van der Waals surface area contributed by atoms with E-state index >= 15 is 0 Å². The first-order chi connectivity index (χ1) is 12.4. The molecule has 26 heavy (non-hydrogen) atoms. The molecule has 0 unspecified atom stereocenters. The largest absolute Gasteiger partial charge is 0.434 e. The SMILES string of the molecule is CC1(N)CCN(c2cnc3c(Oc4cc[nH]c(=O)c4Cl)n[nH]c3n2)CC1. The molecule has 0 amide bonds. The normalized spacial score (nSPS) is 16.8. The molecule has 4 N–H and O–H groups in total. The van der Waals surface area contributed by atoms with Crippen LogP contribution in [0.15, 0.2) is 23.3 Å². The van der Waals surface area contributed by atoms with Crippen molar-refractivity contribution in [1.29, 1.82) is 0 Å². The topological polar surface area (TPSA) is 126 Å². The summed E-state index contributed by atoms with van der Waals surface area (Å²) in [6.07, 6.45) is 4.92. The summed E-state index contributed by atoms with van der Waals surface area (Å²) in [7, 11) is 0. The van der Waals surface area contributed by atoms with E-state index in [0.717, 1.165) is 31.7 Å². The predicted octanol–water partition coefficient (Wildman–Crippen LogP) is 1.80. The maximum Gasteiger partial charge on any atom is 0.270 e. The number of nitrogens with one attached hydrogen (secondary N) is 2. The minimum absolute atomic E-state index is 0.0496. The number of rotatable bonds is 3. The standard InChI is InChI=1S/C16H18ClN7O2/c1-16(18)3-6-24(7-4-16)10-8-20-12-13(21-10)22-23-15(12)26-9-2-5-19-14(25)11(9)17/h2,5,8H,3-4,6-7,18H2,1H3,(H,19,25)(H,21,22,23). The zero-order chi connectivity index (χ0) is 18.3. The Hall–Kier alpha value is -2.65. The number of H-pyrrole nitrogens is 2. The quantitative estimate of drug-likeness (QED) is 0.637. The van der Waals surface area contributed by atoms with E-state index in [4.69, 9.17) is 22.1 Å². The van der Waals surface area contributed by atoms with Crippen LogP contribution in [0, 0.1) is 0 Å². The van der Waals surface area contributed by atoms with Gasteiger partial charge in [0.05, 0.1) is 6.20 Å². The Morgan fingerprint density at radius 1 is 1.38 bits per heavy atom. The number of aromatic amines is 2. The van der Waals surface area contributed by atoms with E-state index < -0.39 is 5.56 Å². The molecule has 136 valence electrons. The smallest absolute Gasteiger partial charge is 0.270 e. The van der Waals surface area contributed by atoms with E-state index in [0.29, 0.717) is 11.2 Å². The average molecular weight is 376 g/mol. The Morgan fingerprint density at radius 2 is 2.15 bits per heavy atom. The number of piperidine rings is 1. The second-order valence-electron chi connectivity index (χ2n) is 6.68. The van der Waals surface area contributed by atoms with Gasteiger partial charge < -0.3 is 20.4 Å². The molecule has 0 radical (unpaired) electrons. The molecular weight excluding hydrogens is 358 g/mol. The molecule has 0 saturated carbocycles. The van der Waals surface area contributed by atoms with Gasteiger partial charge in [-0.2, -0.15) is 0 Å². The third-order valence-corrected chi connectivity index (χ3v) is 4.88. The van der Waals surface area contributed by atoms with E-state index in [2.05, 4.69) is 37.0 Å². The van der Waals surface area contributed by atoms with E-state index in [1.54, 1.807) is 12.3 Å². The molecule has 3 aromatic heterocycles. The number of aromatic nitrogens is 5. The Kier molecular flexibility index (Phi) is 4.04. The summed E-state index contributed by atoms with van der Waals surface area (Å²) < 4.78 is 5.63. The molecule has 4 heterocycles. The summed E-state index contributed by atoms with van der Waals surface area (Å²) in [6.45, 7) is 3.72. The third-order valence-electron chi connectivity index (χ3n) is 4.53. The zero-order valence-electron chi connectivity index (χ0n) is 14.1. The Bertz CT molecular complexity index is 1000. The van der Waals surface area contributed by atoms with Gasteiger partial charge in [0.15, 0.2) is 16.9 Å². The van der Waals surface area contributed by atoms with Crippen molar-refractivity contribution in [3.63, 3.8) is 0 Å². The molecule has 1 saturated heterocycles. The second kappa shape index (κ2) is 6.26. The number of anilines is 1. The van der Waals surface area contributed by atoms with E-state index in [1.165, 1.54) is 6.20 Å². The number of hydrogen-bond donors (Lipinski definition) is 3. The molecule has 4 rings (SSSR count). The Balaban J connectivity index is 1.60. The van der Waals surface area contributed by atoms with Crippen LogP contribution in [0.25, 0.3) is 11.2 Å².